The highest BCUT2D eigenvalue weighted by atomic mass is 32.2. The lowest BCUT2D eigenvalue weighted by atomic mass is 9.99. The molecule has 0 aromatic carbocycles. The minimum atomic E-state index is 0.0820. The summed E-state index contributed by atoms with van der Waals surface area (Å²) in [6.07, 6.45) is 3.86. The fourth-order valence-corrected chi connectivity index (χ4v) is 3.93. The number of nitrogens with one attached hydrogen (secondary N) is 1. The van der Waals surface area contributed by atoms with Gasteiger partial charge in [-0.15, -0.1) is 10.2 Å². The molecule has 18 heavy (non-hydrogen) atoms. The molecule has 1 atom stereocenters. The maximum Gasteiger partial charge on any atom is 0.206 e. The molecule has 0 bridgehead atoms. The molecule has 1 aliphatic carbocycles. The maximum absolute atomic E-state index is 11.7. The van der Waals surface area contributed by atoms with Gasteiger partial charge < -0.3 is 10.1 Å². The fourth-order valence-electron chi connectivity index (χ4n) is 1.79. The van der Waals surface area contributed by atoms with Gasteiger partial charge in [-0.1, -0.05) is 29.5 Å². The van der Waals surface area contributed by atoms with Crippen molar-refractivity contribution in [1.29, 1.82) is 0 Å². The van der Waals surface area contributed by atoms with E-state index in [1.807, 2.05) is 0 Å². The van der Waals surface area contributed by atoms with Crippen molar-refractivity contribution in [1.82, 2.24) is 10.2 Å². The van der Waals surface area contributed by atoms with Crippen molar-refractivity contribution in [3.8, 4) is 0 Å². The second-order valence-electron chi connectivity index (χ2n) is 4.11. The van der Waals surface area contributed by atoms with Crippen molar-refractivity contribution in [2.24, 2.45) is 0 Å². The average molecular weight is 287 g/mol. The SMILES string of the molecule is COCCNc1nnc(SC2CCCCC2=O)s1. The van der Waals surface area contributed by atoms with Crippen molar-refractivity contribution in [2.75, 3.05) is 25.6 Å². The Kier molecular flexibility index (Phi) is 5.40. The minimum absolute atomic E-state index is 0.0820. The van der Waals surface area contributed by atoms with Gasteiger partial charge in [0.25, 0.3) is 0 Å². The third-order valence-electron chi connectivity index (χ3n) is 2.73. The van der Waals surface area contributed by atoms with Gasteiger partial charge in [0.15, 0.2) is 4.34 Å². The minimum Gasteiger partial charge on any atom is -0.383 e. The molecule has 100 valence electrons. The number of hydrogen-bond donors (Lipinski definition) is 1. The van der Waals surface area contributed by atoms with Crippen LogP contribution in [0.5, 0.6) is 0 Å². The van der Waals surface area contributed by atoms with Gasteiger partial charge in [0.05, 0.1) is 11.9 Å². The zero-order valence-electron chi connectivity index (χ0n) is 10.3. The molecule has 0 spiro atoms. The molecule has 0 amide bonds. The molecule has 0 radical (unpaired) electrons. The third-order valence-corrected chi connectivity index (χ3v) is 5.01. The summed E-state index contributed by atoms with van der Waals surface area (Å²) in [6.45, 7) is 1.36. The number of carbonyl (C=O) groups excluding carboxylic acids is 1. The van der Waals surface area contributed by atoms with Crippen LogP contribution in [0.1, 0.15) is 25.7 Å². The lowest BCUT2D eigenvalue weighted by Gasteiger charge is -2.17. The van der Waals surface area contributed by atoms with Gasteiger partial charge in [-0.3, -0.25) is 4.79 Å². The van der Waals surface area contributed by atoms with E-state index in [0.29, 0.717) is 12.4 Å². The molecule has 1 aromatic rings. The second-order valence-corrected chi connectivity index (χ2v) is 6.54. The summed E-state index contributed by atoms with van der Waals surface area (Å²) in [7, 11) is 1.66. The van der Waals surface area contributed by atoms with E-state index in [9.17, 15) is 4.79 Å². The average Bonchev–Trinajstić information content (AvgIpc) is 2.80. The number of rotatable bonds is 6. The highest BCUT2D eigenvalue weighted by Gasteiger charge is 2.24. The van der Waals surface area contributed by atoms with Crippen LogP contribution in [0.25, 0.3) is 0 Å². The number of hydrogen-bond acceptors (Lipinski definition) is 7. The standard InChI is InChI=1S/C11H17N3O2S2/c1-16-7-6-12-10-13-14-11(18-10)17-9-5-3-2-4-8(9)15/h9H,2-7H2,1H3,(H,12,13). The van der Waals surface area contributed by atoms with Crippen LogP contribution in [0.4, 0.5) is 5.13 Å². The van der Waals surface area contributed by atoms with Gasteiger partial charge in [-0.2, -0.15) is 0 Å². The third kappa shape index (κ3) is 3.93. The fraction of sp³-hybridized carbons (Fsp3) is 0.727. The van der Waals surface area contributed by atoms with Crippen LogP contribution < -0.4 is 5.32 Å². The summed E-state index contributed by atoms with van der Waals surface area (Å²) >= 11 is 3.06. The molecular weight excluding hydrogens is 270 g/mol. The second kappa shape index (κ2) is 7.06. The monoisotopic (exact) mass is 287 g/mol. The maximum atomic E-state index is 11.7. The van der Waals surface area contributed by atoms with E-state index in [1.54, 1.807) is 18.9 Å². The molecule has 1 fully saturated rings. The van der Waals surface area contributed by atoms with Crippen molar-refractivity contribution in [3.63, 3.8) is 0 Å². The molecule has 2 rings (SSSR count). The van der Waals surface area contributed by atoms with E-state index >= 15 is 0 Å². The molecule has 1 N–H and O–H groups in total. The normalized spacial score (nSPS) is 20.1. The first kappa shape index (κ1) is 13.8. The van der Waals surface area contributed by atoms with Crippen LogP contribution in [-0.4, -0.2) is 41.5 Å². The van der Waals surface area contributed by atoms with Crippen LogP contribution >= 0.6 is 23.1 Å². The Morgan fingerprint density at radius 1 is 1.50 bits per heavy atom. The van der Waals surface area contributed by atoms with E-state index < -0.39 is 0 Å². The zero-order chi connectivity index (χ0) is 12.8. The Bertz CT molecular complexity index is 397. The summed E-state index contributed by atoms with van der Waals surface area (Å²) < 4.78 is 5.82. The van der Waals surface area contributed by atoms with Gasteiger partial charge >= 0.3 is 0 Å². The molecule has 1 saturated carbocycles. The molecule has 1 unspecified atom stereocenters. The number of anilines is 1. The molecule has 1 aliphatic rings. The molecule has 7 heteroatoms. The Morgan fingerprint density at radius 2 is 2.39 bits per heavy atom. The van der Waals surface area contributed by atoms with E-state index in [2.05, 4.69) is 15.5 Å². The Hall–Kier alpha value is -0.660. The van der Waals surface area contributed by atoms with Crippen molar-refractivity contribution < 1.29 is 9.53 Å². The molecule has 0 aliphatic heterocycles. The first-order valence-electron chi connectivity index (χ1n) is 6.05. The van der Waals surface area contributed by atoms with Crippen molar-refractivity contribution >= 4 is 34.0 Å². The van der Waals surface area contributed by atoms with Crippen molar-refractivity contribution in [2.45, 2.75) is 35.3 Å². The lowest BCUT2D eigenvalue weighted by molar-refractivity contribution is -0.119. The number of aromatic nitrogens is 2. The molecule has 5 nitrogen and oxygen atoms in total. The predicted molar refractivity (Wildman–Crippen MR) is 73.4 cm³/mol. The molecule has 0 saturated heterocycles. The van der Waals surface area contributed by atoms with Gasteiger partial charge in [0.2, 0.25) is 5.13 Å². The van der Waals surface area contributed by atoms with E-state index in [-0.39, 0.29) is 5.25 Å². The van der Waals surface area contributed by atoms with E-state index in [1.165, 1.54) is 11.3 Å². The largest absolute Gasteiger partial charge is 0.383 e. The number of Topliss-reactive ketones (excluding diaryl/α,β-unsaturated/α-hetero) is 1. The number of carbonyl (C=O) groups is 1. The Labute approximate surface area is 115 Å². The zero-order valence-corrected chi connectivity index (χ0v) is 12.0. The predicted octanol–water partition coefficient (Wildman–Crippen LogP) is 2.20. The highest BCUT2D eigenvalue weighted by Crippen LogP contribution is 2.34. The first-order chi connectivity index (χ1) is 8.79. The summed E-state index contributed by atoms with van der Waals surface area (Å²) in [5.41, 5.74) is 0. The van der Waals surface area contributed by atoms with E-state index in [0.717, 1.165) is 41.7 Å². The molecule has 1 aromatic heterocycles. The van der Waals surface area contributed by atoms with Crippen LogP contribution in [-0.2, 0) is 9.53 Å². The number of thioether (sulfide) groups is 1. The molecular formula is C11H17N3O2S2. The van der Waals surface area contributed by atoms with Gasteiger partial charge in [-0.05, 0) is 12.8 Å². The number of methoxy groups -OCH3 is 1. The van der Waals surface area contributed by atoms with E-state index in [4.69, 9.17) is 4.74 Å². The summed E-state index contributed by atoms with van der Waals surface area (Å²) in [5.74, 6) is 0.357. The van der Waals surface area contributed by atoms with Gasteiger partial charge in [0.1, 0.15) is 5.78 Å². The van der Waals surface area contributed by atoms with Crippen LogP contribution in [0.3, 0.4) is 0 Å². The Morgan fingerprint density at radius 3 is 3.17 bits per heavy atom. The van der Waals surface area contributed by atoms with Crippen LogP contribution in [0.15, 0.2) is 4.34 Å². The lowest BCUT2D eigenvalue weighted by Crippen LogP contribution is -2.21. The summed E-state index contributed by atoms with van der Waals surface area (Å²) in [6, 6.07) is 0. The first-order valence-corrected chi connectivity index (χ1v) is 7.75. The van der Waals surface area contributed by atoms with Gasteiger partial charge in [0, 0.05) is 20.1 Å². The Balaban J connectivity index is 1.83. The quantitative estimate of drug-likeness (QED) is 0.809. The van der Waals surface area contributed by atoms with Gasteiger partial charge in [-0.25, -0.2) is 0 Å². The van der Waals surface area contributed by atoms with Crippen molar-refractivity contribution in [3.05, 3.63) is 0 Å². The van der Waals surface area contributed by atoms with Crippen LogP contribution in [0, 0.1) is 0 Å². The number of ketones is 1. The molecule has 1 heterocycles. The number of nitrogens with zero attached hydrogens (tertiary/aromatic N) is 2. The smallest absolute Gasteiger partial charge is 0.206 e. The number of ether oxygens (including phenoxy) is 1. The topological polar surface area (TPSA) is 64.1 Å². The summed E-state index contributed by atoms with van der Waals surface area (Å²) in [4.78, 5) is 11.7. The van der Waals surface area contributed by atoms with Crippen LogP contribution in [0.2, 0.25) is 0 Å². The highest BCUT2D eigenvalue weighted by molar-refractivity contribution is 8.02. The summed E-state index contributed by atoms with van der Waals surface area (Å²) in [5, 5.41) is 12.2.